The maximum Gasteiger partial charge on any atom is 0.218 e. The van der Waals surface area contributed by atoms with Crippen LogP contribution in [0.4, 0.5) is 0 Å². The maximum atomic E-state index is 9.82. The second-order valence-electron chi connectivity index (χ2n) is 3.46. The van der Waals surface area contributed by atoms with E-state index in [9.17, 15) is 20.4 Å². The van der Waals surface area contributed by atoms with Crippen LogP contribution in [0.2, 0.25) is 0 Å². The van der Waals surface area contributed by atoms with Gasteiger partial charge < -0.3 is 41.3 Å². The number of aliphatic hydroxyl groups is 5. The molecule has 9 heteroatoms. The fourth-order valence-electron chi connectivity index (χ4n) is 1.44. The molecule has 1 fully saturated rings. The van der Waals surface area contributed by atoms with E-state index in [-0.39, 0.29) is 5.11 Å². The Morgan fingerprint density at radius 3 is 2.44 bits per heavy atom. The van der Waals surface area contributed by atoms with E-state index < -0.39 is 36.9 Å². The largest absolute Gasteiger partial charge is 0.394 e. The lowest BCUT2D eigenvalue weighted by Gasteiger charge is -2.46. The molecule has 0 amide bonds. The third-order valence-corrected chi connectivity index (χ3v) is 2.44. The predicted molar refractivity (Wildman–Crippen MR) is 54.9 cm³/mol. The number of hydrogen-bond acceptors (Lipinski definition) is 7. The van der Waals surface area contributed by atoms with Crippen molar-refractivity contribution in [2.75, 3.05) is 6.61 Å². The molecular weight excluding hydrogens is 240 g/mol. The molecule has 0 aromatic rings. The summed E-state index contributed by atoms with van der Waals surface area (Å²) in [6.07, 6.45) is -6.53. The van der Waals surface area contributed by atoms with Gasteiger partial charge in [-0.25, -0.2) is 0 Å². The van der Waals surface area contributed by atoms with Crippen LogP contribution >= 0.6 is 12.2 Å². The molecule has 0 aliphatic carbocycles. The molecule has 0 saturated carbocycles. The Balaban J connectivity index is 2.90. The second kappa shape index (κ2) is 4.75. The fraction of sp³-hybridized carbons (Fsp3) is 0.857. The fourth-order valence-corrected chi connectivity index (χ4v) is 1.61. The molecule has 16 heavy (non-hydrogen) atoms. The number of nitrogens with two attached hydrogens (primary N) is 1. The molecule has 8 N–H and O–H groups in total. The molecule has 1 unspecified atom stereocenters. The van der Waals surface area contributed by atoms with Gasteiger partial charge in [0.25, 0.3) is 0 Å². The molecule has 0 spiro atoms. The van der Waals surface area contributed by atoms with Crippen molar-refractivity contribution in [3.63, 3.8) is 0 Å². The van der Waals surface area contributed by atoms with Crippen LogP contribution in [0.15, 0.2) is 0 Å². The van der Waals surface area contributed by atoms with Gasteiger partial charge in [0.2, 0.25) is 12.0 Å². The van der Waals surface area contributed by atoms with Gasteiger partial charge in [0.1, 0.15) is 18.3 Å². The van der Waals surface area contributed by atoms with Crippen molar-refractivity contribution < 1.29 is 30.3 Å². The minimum Gasteiger partial charge on any atom is -0.394 e. The number of hydrogen-bond donors (Lipinski definition) is 7. The van der Waals surface area contributed by atoms with E-state index in [2.05, 4.69) is 12.2 Å². The first-order valence-electron chi connectivity index (χ1n) is 4.43. The van der Waals surface area contributed by atoms with Crippen molar-refractivity contribution in [1.29, 1.82) is 0 Å². The van der Waals surface area contributed by atoms with Crippen LogP contribution in [-0.2, 0) is 4.74 Å². The number of nitrogens with one attached hydrogen (secondary N) is 1. The van der Waals surface area contributed by atoms with Crippen LogP contribution in [0.5, 0.6) is 0 Å². The molecule has 1 aliphatic rings. The van der Waals surface area contributed by atoms with Gasteiger partial charge in [-0.15, -0.1) is 0 Å². The van der Waals surface area contributed by atoms with Gasteiger partial charge in [-0.2, -0.15) is 0 Å². The highest BCUT2D eigenvalue weighted by Gasteiger charge is 2.54. The molecule has 1 heterocycles. The Kier molecular flexibility index (Phi) is 4.02. The Hall–Kier alpha value is -0.550. The third-order valence-electron chi connectivity index (χ3n) is 2.34. The van der Waals surface area contributed by atoms with E-state index in [1.807, 2.05) is 5.32 Å². The van der Waals surface area contributed by atoms with Gasteiger partial charge in [0.05, 0.1) is 6.61 Å². The predicted octanol–water partition coefficient (Wildman–Crippen LogP) is -4.06. The Bertz CT molecular complexity index is 280. The van der Waals surface area contributed by atoms with Crippen molar-refractivity contribution in [2.45, 2.75) is 30.3 Å². The zero-order chi connectivity index (χ0) is 12.5. The first-order valence-corrected chi connectivity index (χ1v) is 4.84. The van der Waals surface area contributed by atoms with E-state index in [4.69, 9.17) is 15.6 Å². The number of thiocarbonyl (C=S) groups is 1. The SMILES string of the molecule is NC(=S)N[C@]1(O)C(O)O[C@H](CO)[C@@H](O)[C@@H]1O. The van der Waals surface area contributed by atoms with Crippen LogP contribution in [-0.4, -0.2) is 67.6 Å². The summed E-state index contributed by atoms with van der Waals surface area (Å²) < 4.78 is 4.70. The van der Waals surface area contributed by atoms with E-state index in [0.717, 1.165) is 0 Å². The summed E-state index contributed by atoms with van der Waals surface area (Å²) in [5.41, 5.74) is 2.68. The lowest BCUT2D eigenvalue weighted by atomic mass is 9.93. The van der Waals surface area contributed by atoms with Crippen LogP contribution in [0, 0.1) is 0 Å². The number of rotatable bonds is 2. The average Bonchev–Trinajstić information content (AvgIpc) is 2.20. The smallest absolute Gasteiger partial charge is 0.218 e. The van der Waals surface area contributed by atoms with Crippen molar-refractivity contribution in [3.05, 3.63) is 0 Å². The average molecular weight is 254 g/mol. The molecule has 0 bridgehead atoms. The summed E-state index contributed by atoms with van der Waals surface area (Å²) in [6.45, 7) is -0.627. The first kappa shape index (κ1) is 13.5. The summed E-state index contributed by atoms with van der Waals surface area (Å²) in [4.78, 5) is 0. The second-order valence-corrected chi connectivity index (χ2v) is 3.90. The monoisotopic (exact) mass is 254 g/mol. The molecule has 1 aliphatic heterocycles. The van der Waals surface area contributed by atoms with E-state index in [1.54, 1.807) is 0 Å². The number of ether oxygens (including phenoxy) is 1. The lowest BCUT2D eigenvalue weighted by molar-refractivity contribution is -0.333. The first-order chi connectivity index (χ1) is 7.32. The molecule has 1 rings (SSSR count). The summed E-state index contributed by atoms with van der Waals surface area (Å²) in [5, 5.41) is 48.7. The van der Waals surface area contributed by atoms with E-state index in [0.29, 0.717) is 0 Å². The highest BCUT2D eigenvalue weighted by Crippen LogP contribution is 2.26. The Morgan fingerprint density at radius 1 is 1.44 bits per heavy atom. The molecular formula is C7H14N2O6S. The van der Waals surface area contributed by atoms with Crippen molar-refractivity contribution in [3.8, 4) is 0 Å². The van der Waals surface area contributed by atoms with E-state index >= 15 is 0 Å². The van der Waals surface area contributed by atoms with Crippen molar-refractivity contribution in [2.24, 2.45) is 5.73 Å². The lowest BCUT2D eigenvalue weighted by Crippen LogP contribution is -2.73. The van der Waals surface area contributed by atoms with Crippen molar-refractivity contribution in [1.82, 2.24) is 5.32 Å². The molecule has 5 atom stereocenters. The van der Waals surface area contributed by atoms with Gasteiger partial charge in [-0.05, 0) is 12.2 Å². The Labute approximate surface area is 96.3 Å². The minimum atomic E-state index is -2.42. The number of aliphatic hydroxyl groups excluding tert-OH is 4. The molecule has 0 radical (unpaired) electrons. The Morgan fingerprint density at radius 2 is 2.00 bits per heavy atom. The van der Waals surface area contributed by atoms with Crippen LogP contribution in [0.25, 0.3) is 0 Å². The van der Waals surface area contributed by atoms with Gasteiger partial charge in [0, 0.05) is 0 Å². The summed E-state index contributed by atoms with van der Waals surface area (Å²) in [7, 11) is 0. The van der Waals surface area contributed by atoms with Crippen LogP contribution < -0.4 is 11.1 Å². The summed E-state index contributed by atoms with van der Waals surface area (Å²) in [6, 6.07) is 0. The van der Waals surface area contributed by atoms with Crippen molar-refractivity contribution >= 4 is 17.3 Å². The zero-order valence-electron chi connectivity index (χ0n) is 8.15. The minimum absolute atomic E-state index is 0.390. The standard InChI is InChI=1S/C7H14N2O6S/c8-6(16)9-7(14)4(12)3(11)2(1-10)15-5(7)13/h2-5,10-14H,1H2,(H3,8,9,16)/t2-,3-,4+,5?,7-/m1/s1. The molecule has 0 aromatic heterocycles. The highest BCUT2D eigenvalue weighted by molar-refractivity contribution is 7.80. The molecule has 1 saturated heterocycles. The molecule has 8 nitrogen and oxygen atoms in total. The molecule has 0 aromatic carbocycles. The third kappa shape index (κ3) is 2.25. The van der Waals surface area contributed by atoms with Crippen LogP contribution in [0.1, 0.15) is 0 Å². The highest BCUT2D eigenvalue weighted by atomic mass is 32.1. The normalized spacial score (nSPS) is 44.1. The maximum absolute atomic E-state index is 9.82. The van der Waals surface area contributed by atoms with Crippen LogP contribution in [0.3, 0.4) is 0 Å². The van der Waals surface area contributed by atoms with Gasteiger partial charge >= 0.3 is 0 Å². The van der Waals surface area contributed by atoms with Gasteiger partial charge in [-0.1, -0.05) is 0 Å². The van der Waals surface area contributed by atoms with E-state index in [1.165, 1.54) is 0 Å². The zero-order valence-corrected chi connectivity index (χ0v) is 8.96. The molecule has 94 valence electrons. The summed E-state index contributed by atoms with van der Waals surface area (Å²) in [5.74, 6) is 0. The summed E-state index contributed by atoms with van der Waals surface area (Å²) >= 11 is 4.45. The van der Waals surface area contributed by atoms with Gasteiger partial charge in [0.15, 0.2) is 5.11 Å². The quantitative estimate of drug-likeness (QED) is 0.193. The topological polar surface area (TPSA) is 148 Å². The van der Waals surface area contributed by atoms with Gasteiger partial charge in [-0.3, -0.25) is 0 Å².